The number of amides is 2. The molecule has 3 N–H and O–H groups in total. The van der Waals surface area contributed by atoms with E-state index in [0.29, 0.717) is 12.5 Å². The smallest absolute Gasteiger partial charge is 0.241 e. The zero-order valence-corrected chi connectivity index (χ0v) is 13.0. The molecule has 0 atom stereocenters. The van der Waals surface area contributed by atoms with Crippen LogP contribution >= 0.6 is 0 Å². The molecule has 1 aliphatic rings. The van der Waals surface area contributed by atoms with Crippen LogP contribution in [0.1, 0.15) is 24.8 Å². The van der Waals surface area contributed by atoms with Gasteiger partial charge in [0.25, 0.3) is 0 Å². The molecule has 5 nitrogen and oxygen atoms in total. The van der Waals surface area contributed by atoms with Crippen molar-refractivity contribution in [1.82, 2.24) is 10.2 Å². The van der Waals surface area contributed by atoms with E-state index in [1.807, 2.05) is 11.0 Å². The average molecular weight is 303 g/mol. The first-order valence-electron chi connectivity index (χ1n) is 7.97. The fraction of sp³-hybridized carbons (Fsp3) is 0.529. The predicted molar refractivity (Wildman–Crippen MR) is 86.1 cm³/mol. The van der Waals surface area contributed by atoms with Gasteiger partial charge >= 0.3 is 0 Å². The van der Waals surface area contributed by atoms with Crippen molar-refractivity contribution < 1.29 is 9.59 Å². The highest BCUT2D eigenvalue weighted by Crippen LogP contribution is 2.21. The number of rotatable bonds is 6. The molecule has 0 saturated carbocycles. The first-order valence-corrected chi connectivity index (χ1v) is 7.97. The molecule has 1 aromatic rings. The van der Waals surface area contributed by atoms with Crippen LogP contribution in [0, 0.1) is 5.92 Å². The van der Waals surface area contributed by atoms with Crippen LogP contribution in [0.15, 0.2) is 30.3 Å². The largest absolute Gasteiger partial charge is 0.347 e. The highest BCUT2D eigenvalue weighted by molar-refractivity contribution is 5.84. The van der Waals surface area contributed by atoms with Gasteiger partial charge in [-0.3, -0.25) is 9.59 Å². The summed E-state index contributed by atoms with van der Waals surface area (Å²) >= 11 is 0. The summed E-state index contributed by atoms with van der Waals surface area (Å²) in [7, 11) is 0. The maximum atomic E-state index is 12.1. The van der Waals surface area contributed by atoms with Gasteiger partial charge in [0.2, 0.25) is 11.8 Å². The first kappa shape index (κ1) is 16.5. The van der Waals surface area contributed by atoms with Crippen molar-refractivity contribution in [2.75, 3.05) is 26.2 Å². The SMILES string of the molecule is NCCC(=O)NCC(=O)N1CCC(Cc2ccccc2)CC1. The maximum absolute atomic E-state index is 12.1. The summed E-state index contributed by atoms with van der Waals surface area (Å²) in [5.74, 6) is 0.483. The van der Waals surface area contributed by atoms with Crippen molar-refractivity contribution in [3.63, 3.8) is 0 Å². The second kappa shape index (κ2) is 8.54. The Morgan fingerprint density at radius 2 is 1.86 bits per heavy atom. The van der Waals surface area contributed by atoms with E-state index >= 15 is 0 Å². The Hall–Kier alpha value is -1.88. The first-order chi connectivity index (χ1) is 10.7. The number of nitrogens with zero attached hydrogens (tertiary/aromatic N) is 1. The van der Waals surface area contributed by atoms with Crippen molar-refractivity contribution in [3.8, 4) is 0 Å². The number of hydrogen-bond acceptors (Lipinski definition) is 3. The standard InChI is InChI=1S/C17H25N3O2/c18-9-6-16(21)19-13-17(22)20-10-7-15(8-11-20)12-14-4-2-1-3-5-14/h1-5,15H,6-13,18H2,(H,19,21). The van der Waals surface area contributed by atoms with Crippen LogP contribution in [0.5, 0.6) is 0 Å². The molecule has 22 heavy (non-hydrogen) atoms. The third-order valence-electron chi connectivity index (χ3n) is 4.14. The van der Waals surface area contributed by atoms with Gasteiger partial charge in [0.15, 0.2) is 0 Å². The van der Waals surface area contributed by atoms with E-state index in [2.05, 4.69) is 29.6 Å². The highest BCUT2D eigenvalue weighted by atomic mass is 16.2. The van der Waals surface area contributed by atoms with E-state index in [0.717, 1.165) is 32.4 Å². The van der Waals surface area contributed by atoms with Gasteiger partial charge in [-0.1, -0.05) is 30.3 Å². The van der Waals surface area contributed by atoms with Crippen molar-refractivity contribution >= 4 is 11.8 Å². The van der Waals surface area contributed by atoms with Gasteiger partial charge in [0.1, 0.15) is 0 Å². The fourth-order valence-electron chi connectivity index (χ4n) is 2.84. The molecule has 2 rings (SSSR count). The van der Waals surface area contributed by atoms with E-state index in [4.69, 9.17) is 5.73 Å². The summed E-state index contributed by atoms with van der Waals surface area (Å²) in [6.45, 7) is 1.96. The molecule has 0 aliphatic carbocycles. The van der Waals surface area contributed by atoms with Gasteiger partial charge in [0, 0.05) is 26.1 Å². The molecular weight excluding hydrogens is 278 g/mol. The number of benzene rings is 1. The maximum Gasteiger partial charge on any atom is 0.241 e. The van der Waals surface area contributed by atoms with E-state index in [1.54, 1.807) is 0 Å². The van der Waals surface area contributed by atoms with E-state index in [-0.39, 0.29) is 24.8 Å². The lowest BCUT2D eigenvalue weighted by atomic mass is 9.90. The number of piperidine rings is 1. The zero-order valence-electron chi connectivity index (χ0n) is 13.0. The number of nitrogens with one attached hydrogen (secondary N) is 1. The molecule has 1 aromatic carbocycles. The Balaban J connectivity index is 1.70. The number of likely N-dealkylation sites (tertiary alicyclic amines) is 1. The molecule has 120 valence electrons. The minimum absolute atomic E-state index is 0.00327. The van der Waals surface area contributed by atoms with Crippen LogP contribution in [-0.4, -0.2) is 42.9 Å². The zero-order chi connectivity index (χ0) is 15.8. The summed E-state index contributed by atoms with van der Waals surface area (Å²) in [4.78, 5) is 25.2. The molecule has 0 aromatic heterocycles. The second-order valence-corrected chi connectivity index (χ2v) is 5.83. The average Bonchev–Trinajstić information content (AvgIpc) is 2.54. The quantitative estimate of drug-likeness (QED) is 0.821. The van der Waals surface area contributed by atoms with Crippen LogP contribution in [0.2, 0.25) is 0 Å². The molecule has 1 fully saturated rings. The van der Waals surface area contributed by atoms with Crippen LogP contribution < -0.4 is 11.1 Å². The minimum atomic E-state index is -0.158. The molecule has 5 heteroatoms. The molecule has 0 bridgehead atoms. The monoisotopic (exact) mass is 303 g/mol. The molecule has 1 saturated heterocycles. The van der Waals surface area contributed by atoms with Crippen LogP contribution in [0.3, 0.4) is 0 Å². The second-order valence-electron chi connectivity index (χ2n) is 5.83. The lowest BCUT2D eigenvalue weighted by molar-refractivity contribution is -0.134. The minimum Gasteiger partial charge on any atom is -0.347 e. The third-order valence-corrected chi connectivity index (χ3v) is 4.14. The number of nitrogens with two attached hydrogens (primary N) is 1. The lowest BCUT2D eigenvalue weighted by Crippen LogP contribution is -2.44. The van der Waals surface area contributed by atoms with Crippen LogP contribution in [0.25, 0.3) is 0 Å². The summed E-state index contributed by atoms with van der Waals surface area (Å²) in [5.41, 5.74) is 6.66. The Labute approximate surface area is 131 Å². The summed E-state index contributed by atoms with van der Waals surface area (Å²) in [6.07, 6.45) is 3.40. The Morgan fingerprint density at radius 1 is 1.18 bits per heavy atom. The Morgan fingerprint density at radius 3 is 2.50 bits per heavy atom. The van der Waals surface area contributed by atoms with Gasteiger partial charge in [-0.15, -0.1) is 0 Å². The molecule has 1 heterocycles. The van der Waals surface area contributed by atoms with Crippen LogP contribution in [0.4, 0.5) is 0 Å². The molecule has 2 amide bonds. The van der Waals surface area contributed by atoms with Crippen molar-refractivity contribution in [3.05, 3.63) is 35.9 Å². The predicted octanol–water partition coefficient (Wildman–Crippen LogP) is 0.933. The number of carbonyl (C=O) groups is 2. The van der Waals surface area contributed by atoms with Crippen LogP contribution in [-0.2, 0) is 16.0 Å². The van der Waals surface area contributed by atoms with Crippen molar-refractivity contribution in [2.24, 2.45) is 11.7 Å². The fourth-order valence-corrected chi connectivity index (χ4v) is 2.84. The van der Waals surface area contributed by atoms with Gasteiger partial charge in [0.05, 0.1) is 6.54 Å². The van der Waals surface area contributed by atoms with Gasteiger partial charge in [-0.2, -0.15) is 0 Å². The highest BCUT2D eigenvalue weighted by Gasteiger charge is 2.22. The van der Waals surface area contributed by atoms with Crippen molar-refractivity contribution in [1.29, 1.82) is 0 Å². The number of carbonyl (C=O) groups excluding carboxylic acids is 2. The van der Waals surface area contributed by atoms with Gasteiger partial charge in [-0.05, 0) is 30.7 Å². The Kier molecular flexibility index (Phi) is 6.40. The van der Waals surface area contributed by atoms with Crippen molar-refractivity contribution in [2.45, 2.75) is 25.7 Å². The molecule has 0 unspecified atom stereocenters. The normalized spacial score (nSPS) is 15.6. The van der Waals surface area contributed by atoms with Gasteiger partial charge < -0.3 is 16.0 Å². The topological polar surface area (TPSA) is 75.4 Å². The molecule has 0 spiro atoms. The lowest BCUT2D eigenvalue weighted by Gasteiger charge is -2.32. The Bertz CT molecular complexity index is 482. The number of hydrogen-bond donors (Lipinski definition) is 2. The van der Waals surface area contributed by atoms with E-state index in [9.17, 15) is 9.59 Å². The summed E-state index contributed by atoms with van der Waals surface area (Å²) in [5, 5.41) is 2.62. The molecular formula is C17H25N3O2. The third kappa shape index (κ3) is 5.15. The summed E-state index contributed by atoms with van der Waals surface area (Å²) in [6, 6.07) is 10.5. The molecule has 0 radical (unpaired) electrons. The summed E-state index contributed by atoms with van der Waals surface area (Å²) < 4.78 is 0. The molecule has 1 aliphatic heterocycles. The van der Waals surface area contributed by atoms with E-state index in [1.165, 1.54) is 5.56 Å². The van der Waals surface area contributed by atoms with E-state index < -0.39 is 0 Å². The van der Waals surface area contributed by atoms with Gasteiger partial charge in [-0.25, -0.2) is 0 Å².